The Morgan fingerprint density at radius 3 is 2.23 bits per heavy atom. The van der Waals surface area contributed by atoms with Crippen LogP contribution in [0.15, 0.2) is 0 Å². The molecule has 0 aliphatic carbocycles. The van der Waals surface area contributed by atoms with Gasteiger partial charge in [-0.25, -0.2) is 8.42 Å². The molecule has 1 unspecified atom stereocenters. The summed E-state index contributed by atoms with van der Waals surface area (Å²) >= 11 is 0. The minimum Gasteiger partial charge on any atom is -0.291 e. The number of aromatic nitrogens is 4. The van der Waals surface area contributed by atoms with E-state index in [0.717, 1.165) is 0 Å². The lowest BCUT2D eigenvalue weighted by molar-refractivity contribution is -0.117. The highest BCUT2D eigenvalue weighted by Crippen LogP contribution is 2.24. The van der Waals surface area contributed by atoms with E-state index < -0.39 is 25.7 Å². The van der Waals surface area contributed by atoms with Gasteiger partial charge >= 0.3 is 0 Å². The first kappa shape index (κ1) is 18.5. The normalized spacial score (nSPS) is 14.7. The summed E-state index contributed by atoms with van der Waals surface area (Å²) in [6.07, 6.45) is 0.442. The van der Waals surface area contributed by atoms with Crippen molar-refractivity contribution < 1.29 is 13.2 Å². The molecule has 8 nitrogen and oxygen atoms in total. The Morgan fingerprint density at radius 2 is 1.82 bits per heavy atom. The summed E-state index contributed by atoms with van der Waals surface area (Å²) in [5.74, 6) is -0.673. The first-order valence-electron chi connectivity index (χ1n) is 7.19. The molecule has 0 aliphatic rings. The van der Waals surface area contributed by atoms with Crippen molar-refractivity contribution in [2.24, 2.45) is 0 Å². The van der Waals surface area contributed by atoms with E-state index in [1.165, 1.54) is 18.6 Å². The Morgan fingerprint density at radius 1 is 1.27 bits per heavy atom. The zero-order valence-electron chi connectivity index (χ0n) is 14.2. The molecule has 9 heteroatoms. The maximum absolute atomic E-state index is 12.5. The summed E-state index contributed by atoms with van der Waals surface area (Å²) < 4.78 is 23.3. The van der Waals surface area contributed by atoms with Gasteiger partial charge in [0.1, 0.15) is 4.75 Å². The fourth-order valence-corrected chi connectivity index (χ4v) is 3.41. The summed E-state index contributed by atoms with van der Waals surface area (Å²) in [6.45, 7) is 11.8. The first-order valence-corrected chi connectivity index (χ1v) is 8.74. The molecule has 1 rings (SSSR count). The Bertz CT molecular complexity index is 643. The lowest BCUT2D eigenvalue weighted by Crippen LogP contribution is -2.48. The van der Waals surface area contributed by atoms with Crippen molar-refractivity contribution in [1.82, 2.24) is 20.2 Å². The van der Waals surface area contributed by atoms with Crippen LogP contribution < -0.4 is 5.32 Å². The molecular formula is C13H25N5O3S. The van der Waals surface area contributed by atoms with Crippen molar-refractivity contribution in [1.29, 1.82) is 0 Å². The third kappa shape index (κ3) is 3.45. The molecule has 0 aromatic carbocycles. The fraction of sp³-hybridized carbons (Fsp3) is 0.846. The second-order valence-electron chi connectivity index (χ2n) is 6.80. The van der Waals surface area contributed by atoms with Gasteiger partial charge in [-0.3, -0.25) is 10.1 Å². The second-order valence-corrected chi connectivity index (χ2v) is 9.72. The molecule has 22 heavy (non-hydrogen) atoms. The van der Waals surface area contributed by atoms with Crippen molar-refractivity contribution in [3.63, 3.8) is 0 Å². The highest BCUT2D eigenvalue weighted by molar-refractivity contribution is 7.94. The van der Waals surface area contributed by atoms with Gasteiger partial charge in [-0.2, -0.15) is 4.80 Å². The molecule has 1 amide bonds. The standard InChI is InChI=1S/C13H25N5O3S/c1-8-9(2)22(20,21)13(6,7)10(19)14-11-15-17-18(16-11)12(3,4)5/h9H,8H2,1-7H3,(H,14,16,19). The molecule has 0 radical (unpaired) electrons. The van der Waals surface area contributed by atoms with Crippen LogP contribution in [0.3, 0.4) is 0 Å². The maximum atomic E-state index is 12.5. The van der Waals surface area contributed by atoms with E-state index in [2.05, 4.69) is 20.7 Å². The van der Waals surface area contributed by atoms with Crippen molar-refractivity contribution >= 4 is 21.7 Å². The van der Waals surface area contributed by atoms with Gasteiger partial charge < -0.3 is 0 Å². The summed E-state index contributed by atoms with van der Waals surface area (Å²) in [7, 11) is -3.62. The van der Waals surface area contributed by atoms with E-state index in [1.807, 2.05) is 20.8 Å². The third-order valence-corrected chi connectivity index (χ3v) is 6.60. The molecule has 0 saturated carbocycles. The minimum atomic E-state index is -3.62. The van der Waals surface area contributed by atoms with Crippen LogP contribution in [-0.2, 0) is 20.2 Å². The molecule has 1 atom stereocenters. The largest absolute Gasteiger partial charge is 0.291 e. The molecule has 0 aliphatic heterocycles. The van der Waals surface area contributed by atoms with E-state index in [9.17, 15) is 13.2 Å². The van der Waals surface area contributed by atoms with Crippen LogP contribution in [-0.4, -0.2) is 44.5 Å². The molecule has 0 bridgehead atoms. The van der Waals surface area contributed by atoms with E-state index >= 15 is 0 Å². The lowest BCUT2D eigenvalue weighted by atomic mass is 10.1. The minimum absolute atomic E-state index is 0.00708. The van der Waals surface area contributed by atoms with Crippen LogP contribution in [0.5, 0.6) is 0 Å². The zero-order chi connectivity index (χ0) is 17.3. The van der Waals surface area contributed by atoms with Gasteiger partial charge in [-0.15, -0.1) is 5.10 Å². The molecule has 126 valence electrons. The molecule has 0 saturated heterocycles. The number of carbonyl (C=O) groups is 1. The highest BCUT2D eigenvalue weighted by Gasteiger charge is 2.44. The molecule has 1 heterocycles. The average Bonchev–Trinajstić information content (AvgIpc) is 2.85. The summed E-state index contributed by atoms with van der Waals surface area (Å²) in [5.41, 5.74) is -0.381. The zero-order valence-corrected chi connectivity index (χ0v) is 15.0. The summed E-state index contributed by atoms with van der Waals surface area (Å²) in [4.78, 5) is 13.7. The van der Waals surface area contributed by atoms with E-state index in [1.54, 1.807) is 13.8 Å². The van der Waals surface area contributed by atoms with Gasteiger partial charge in [-0.1, -0.05) is 12.0 Å². The number of hydrogen-bond donors (Lipinski definition) is 1. The van der Waals surface area contributed by atoms with Crippen molar-refractivity contribution in [2.45, 2.75) is 70.4 Å². The number of rotatable bonds is 5. The van der Waals surface area contributed by atoms with Crippen LogP contribution in [0, 0.1) is 0 Å². The van der Waals surface area contributed by atoms with Crippen LogP contribution in [0.1, 0.15) is 54.9 Å². The van der Waals surface area contributed by atoms with Crippen LogP contribution >= 0.6 is 0 Å². The average molecular weight is 331 g/mol. The van der Waals surface area contributed by atoms with Gasteiger partial charge in [-0.05, 0) is 53.2 Å². The van der Waals surface area contributed by atoms with Gasteiger partial charge in [0.25, 0.3) is 5.95 Å². The predicted octanol–water partition coefficient (Wildman–Crippen LogP) is 1.36. The molecule has 1 aromatic rings. The van der Waals surface area contributed by atoms with Gasteiger partial charge in [0.05, 0.1) is 10.8 Å². The monoisotopic (exact) mass is 331 g/mol. The van der Waals surface area contributed by atoms with Crippen LogP contribution in [0.25, 0.3) is 0 Å². The molecule has 1 N–H and O–H groups in total. The number of carbonyl (C=O) groups excluding carboxylic acids is 1. The first-order chi connectivity index (χ1) is 9.84. The van der Waals surface area contributed by atoms with E-state index in [-0.39, 0.29) is 11.5 Å². The Balaban J connectivity index is 3.00. The quantitative estimate of drug-likeness (QED) is 0.873. The number of hydrogen-bond acceptors (Lipinski definition) is 6. The number of anilines is 1. The maximum Gasteiger partial charge on any atom is 0.270 e. The summed E-state index contributed by atoms with van der Waals surface area (Å²) in [5, 5.41) is 13.5. The van der Waals surface area contributed by atoms with Gasteiger partial charge in [0.15, 0.2) is 9.84 Å². The number of tetrazole rings is 1. The smallest absolute Gasteiger partial charge is 0.270 e. The molecule has 0 fully saturated rings. The van der Waals surface area contributed by atoms with E-state index in [0.29, 0.717) is 6.42 Å². The predicted molar refractivity (Wildman–Crippen MR) is 84.2 cm³/mol. The molecular weight excluding hydrogens is 306 g/mol. The second kappa shape index (κ2) is 5.94. The Hall–Kier alpha value is -1.51. The summed E-state index contributed by atoms with van der Waals surface area (Å²) in [6, 6.07) is 0. The van der Waals surface area contributed by atoms with Gasteiger partial charge in [0.2, 0.25) is 5.91 Å². The lowest BCUT2D eigenvalue weighted by Gasteiger charge is -2.26. The van der Waals surface area contributed by atoms with E-state index in [4.69, 9.17) is 0 Å². The van der Waals surface area contributed by atoms with Crippen molar-refractivity contribution in [3.8, 4) is 0 Å². The molecule has 1 aromatic heterocycles. The fourth-order valence-electron chi connectivity index (χ4n) is 1.65. The van der Waals surface area contributed by atoms with Crippen molar-refractivity contribution in [2.75, 3.05) is 5.32 Å². The van der Waals surface area contributed by atoms with Crippen LogP contribution in [0.4, 0.5) is 5.95 Å². The number of amides is 1. The Labute approximate surface area is 131 Å². The van der Waals surface area contributed by atoms with Crippen LogP contribution in [0.2, 0.25) is 0 Å². The SMILES string of the molecule is CCC(C)S(=O)(=O)C(C)(C)C(=O)Nc1nnn(C(C)(C)C)n1. The number of nitrogens with zero attached hydrogens (tertiary/aromatic N) is 4. The Kier molecular flexibility index (Phi) is 5.01. The highest BCUT2D eigenvalue weighted by atomic mass is 32.2. The number of sulfone groups is 1. The molecule has 0 spiro atoms. The van der Waals surface area contributed by atoms with Crippen molar-refractivity contribution in [3.05, 3.63) is 0 Å². The van der Waals surface area contributed by atoms with Gasteiger partial charge in [0, 0.05) is 0 Å². The topological polar surface area (TPSA) is 107 Å². The number of nitrogens with one attached hydrogen (secondary N) is 1. The third-order valence-electron chi connectivity index (χ3n) is 3.60.